The highest BCUT2D eigenvalue weighted by Crippen LogP contribution is 2.34. The summed E-state index contributed by atoms with van der Waals surface area (Å²) in [5.41, 5.74) is 3.76. The van der Waals surface area contributed by atoms with Crippen molar-refractivity contribution in [2.75, 3.05) is 46.2 Å². The number of nitrogens with one attached hydrogen (secondary N) is 2. The van der Waals surface area contributed by atoms with Crippen LogP contribution in [0.15, 0.2) is 48.7 Å². The Bertz CT molecular complexity index is 1100. The highest BCUT2D eigenvalue weighted by molar-refractivity contribution is 5.96. The maximum Gasteiger partial charge on any atom is 0.253 e. The number of H-pyrrole nitrogens is 1. The second kappa shape index (κ2) is 9.44. The van der Waals surface area contributed by atoms with Gasteiger partial charge in [-0.15, -0.1) is 0 Å². The number of anilines is 1. The molecule has 32 heavy (non-hydrogen) atoms. The van der Waals surface area contributed by atoms with Crippen LogP contribution in [0.2, 0.25) is 0 Å². The largest absolute Gasteiger partial charge is 0.497 e. The van der Waals surface area contributed by atoms with Crippen molar-refractivity contribution in [3.05, 3.63) is 59.8 Å². The number of methoxy groups -OCH3 is 1. The number of ether oxygens (including phenoxy) is 1. The average Bonchev–Trinajstić information content (AvgIpc) is 3.22. The predicted molar refractivity (Wildman–Crippen MR) is 126 cm³/mol. The van der Waals surface area contributed by atoms with Gasteiger partial charge < -0.3 is 19.9 Å². The van der Waals surface area contributed by atoms with Crippen LogP contribution in [0.4, 0.5) is 5.69 Å². The molecule has 0 spiro atoms. The second-order valence-corrected chi connectivity index (χ2v) is 8.53. The van der Waals surface area contributed by atoms with Crippen LogP contribution in [-0.2, 0) is 4.79 Å². The number of nitrogens with zero attached hydrogens (tertiary/aromatic N) is 2. The molecule has 1 aliphatic heterocycles. The molecule has 2 amide bonds. The Morgan fingerprint density at radius 3 is 2.50 bits per heavy atom. The van der Waals surface area contributed by atoms with Crippen LogP contribution >= 0.6 is 0 Å². The first kappa shape index (κ1) is 21.9. The number of benzene rings is 2. The summed E-state index contributed by atoms with van der Waals surface area (Å²) < 4.78 is 5.39. The number of amides is 2. The summed E-state index contributed by atoms with van der Waals surface area (Å²) in [6.07, 6.45) is 4.14. The SMILES string of the molecule is COc1ccc2[nH]cc(C3CCN(CC(=O)Nc4ccc(C(=O)N(C)C)cc4)CC3)c2c1. The number of piperidine rings is 1. The standard InChI is InChI=1S/C25H30N4O3/c1-28(2)25(31)18-4-6-19(7-5-18)27-24(30)16-29-12-10-17(11-13-29)22-15-26-23-9-8-20(32-3)14-21(22)23/h4-9,14-15,17,26H,10-13,16H2,1-3H3,(H,27,30). The van der Waals surface area contributed by atoms with E-state index in [0.29, 0.717) is 23.7 Å². The first-order valence-electron chi connectivity index (χ1n) is 10.9. The summed E-state index contributed by atoms with van der Waals surface area (Å²) in [7, 11) is 5.13. The predicted octanol–water partition coefficient (Wildman–Crippen LogP) is 3.70. The van der Waals surface area contributed by atoms with Gasteiger partial charge in [-0.2, -0.15) is 0 Å². The fourth-order valence-electron chi connectivity index (χ4n) is 4.35. The molecule has 7 heteroatoms. The van der Waals surface area contributed by atoms with Crippen LogP contribution in [0.5, 0.6) is 5.75 Å². The molecule has 2 heterocycles. The third kappa shape index (κ3) is 4.78. The van der Waals surface area contributed by atoms with Crippen molar-refractivity contribution in [3.63, 3.8) is 0 Å². The van der Waals surface area contributed by atoms with Crippen LogP contribution in [0.25, 0.3) is 10.9 Å². The van der Waals surface area contributed by atoms with Crippen molar-refractivity contribution in [2.45, 2.75) is 18.8 Å². The first-order chi connectivity index (χ1) is 15.4. The highest BCUT2D eigenvalue weighted by Gasteiger charge is 2.24. The maximum atomic E-state index is 12.5. The number of rotatable bonds is 6. The van der Waals surface area contributed by atoms with Gasteiger partial charge in [0.05, 0.1) is 13.7 Å². The molecule has 0 radical (unpaired) electrons. The van der Waals surface area contributed by atoms with Crippen molar-refractivity contribution in [1.29, 1.82) is 0 Å². The minimum absolute atomic E-state index is 0.0352. The van der Waals surface area contributed by atoms with E-state index in [1.165, 1.54) is 15.8 Å². The van der Waals surface area contributed by atoms with E-state index in [2.05, 4.69) is 33.5 Å². The average molecular weight is 435 g/mol. The minimum Gasteiger partial charge on any atom is -0.497 e. The molecule has 0 bridgehead atoms. The monoisotopic (exact) mass is 434 g/mol. The summed E-state index contributed by atoms with van der Waals surface area (Å²) >= 11 is 0. The van der Waals surface area contributed by atoms with E-state index in [-0.39, 0.29) is 11.8 Å². The lowest BCUT2D eigenvalue weighted by molar-refractivity contribution is -0.117. The fraction of sp³-hybridized carbons (Fsp3) is 0.360. The number of carbonyl (C=O) groups excluding carboxylic acids is 2. The van der Waals surface area contributed by atoms with E-state index in [1.807, 2.05) is 6.07 Å². The number of likely N-dealkylation sites (tertiary alicyclic amines) is 1. The van der Waals surface area contributed by atoms with Crippen molar-refractivity contribution in [1.82, 2.24) is 14.8 Å². The lowest BCUT2D eigenvalue weighted by Crippen LogP contribution is -2.38. The number of hydrogen-bond acceptors (Lipinski definition) is 4. The Hall–Kier alpha value is -3.32. The fourth-order valence-corrected chi connectivity index (χ4v) is 4.35. The zero-order valence-corrected chi connectivity index (χ0v) is 18.9. The van der Waals surface area contributed by atoms with Gasteiger partial charge in [0.25, 0.3) is 5.91 Å². The minimum atomic E-state index is -0.0561. The van der Waals surface area contributed by atoms with Gasteiger partial charge >= 0.3 is 0 Å². The van der Waals surface area contributed by atoms with E-state index >= 15 is 0 Å². The van der Waals surface area contributed by atoms with Gasteiger partial charge in [-0.1, -0.05) is 0 Å². The molecule has 2 aromatic carbocycles. The lowest BCUT2D eigenvalue weighted by Gasteiger charge is -2.31. The van der Waals surface area contributed by atoms with E-state index < -0.39 is 0 Å². The van der Waals surface area contributed by atoms with E-state index in [1.54, 1.807) is 45.5 Å². The van der Waals surface area contributed by atoms with E-state index in [0.717, 1.165) is 37.2 Å². The molecule has 1 aliphatic rings. The zero-order valence-electron chi connectivity index (χ0n) is 18.9. The molecule has 0 saturated carbocycles. The molecule has 0 aliphatic carbocycles. The zero-order chi connectivity index (χ0) is 22.7. The van der Waals surface area contributed by atoms with Gasteiger partial charge in [-0.3, -0.25) is 14.5 Å². The quantitative estimate of drug-likeness (QED) is 0.620. The third-order valence-electron chi connectivity index (χ3n) is 6.14. The summed E-state index contributed by atoms with van der Waals surface area (Å²) in [4.78, 5) is 31.6. The van der Waals surface area contributed by atoms with Gasteiger partial charge in [-0.25, -0.2) is 0 Å². The topological polar surface area (TPSA) is 77.7 Å². The van der Waals surface area contributed by atoms with Crippen LogP contribution < -0.4 is 10.1 Å². The van der Waals surface area contributed by atoms with Crippen molar-refractivity contribution >= 4 is 28.4 Å². The van der Waals surface area contributed by atoms with Crippen molar-refractivity contribution in [3.8, 4) is 5.75 Å². The highest BCUT2D eigenvalue weighted by atomic mass is 16.5. The molecule has 0 atom stereocenters. The van der Waals surface area contributed by atoms with Crippen LogP contribution in [-0.4, -0.2) is 67.4 Å². The number of hydrogen-bond donors (Lipinski definition) is 2. The normalized spacial score (nSPS) is 15.0. The number of carbonyl (C=O) groups is 2. The Morgan fingerprint density at radius 1 is 1.12 bits per heavy atom. The van der Waals surface area contributed by atoms with Gasteiger partial charge in [-0.05, 0) is 79.9 Å². The number of fused-ring (bicyclic) bond motifs is 1. The lowest BCUT2D eigenvalue weighted by atomic mass is 9.89. The molecule has 1 aromatic heterocycles. The molecular formula is C25H30N4O3. The van der Waals surface area contributed by atoms with Crippen molar-refractivity contribution < 1.29 is 14.3 Å². The van der Waals surface area contributed by atoms with Gasteiger partial charge in [0, 0.05) is 42.4 Å². The molecule has 3 aromatic rings. The molecule has 4 rings (SSSR count). The molecule has 0 unspecified atom stereocenters. The van der Waals surface area contributed by atoms with Gasteiger partial charge in [0.2, 0.25) is 5.91 Å². The Balaban J connectivity index is 1.30. The summed E-state index contributed by atoms with van der Waals surface area (Å²) in [6, 6.07) is 13.1. The Kier molecular flexibility index (Phi) is 6.46. The van der Waals surface area contributed by atoms with Crippen LogP contribution in [0, 0.1) is 0 Å². The summed E-state index contributed by atoms with van der Waals surface area (Å²) in [5.74, 6) is 1.25. The number of aromatic nitrogens is 1. The molecule has 7 nitrogen and oxygen atoms in total. The summed E-state index contributed by atoms with van der Waals surface area (Å²) in [5, 5.41) is 4.16. The Morgan fingerprint density at radius 2 is 1.84 bits per heavy atom. The van der Waals surface area contributed by atoms with E-state index in [4.69, 9.17) is 4.74 Å². The van der Waals surface area contributed by atoms with Crippen LogP contribution in [0.1, 0.15) is 34.7 Å². The molecule has 1 fully saturated rings. The smallest absolute Gasteiger partial charge is 0.253 e. The molecule has 1 saturated heterocycles. The molecule has 2 N–H and O–H groups in total. The first-order valence-corrected chi connectivity index (χ1v) is 10.9. The maximum absolute atomic E-state index is 12.5. The second-order valence-electron chi connectivity index (χ2n) is 8.53. The summed E-state index contributed by atoms with van der Waals surface area (Å²) in [6.45, 7) is 2.13. The van der Waals surface area contributed by atoms with Gasteiger partial charge in [0.1, 0.15) is 5.75 Å². The van der Waals surface area contributed by atoms with Crippen molar-refractivity contribution in [2.24, 2.45) is 0 Å². The number of aromatic amines is 1. The third-order valence-corrected chi connectivity index (χ3v) is 6.14. The molecule has 168 valence electrons. The molecular weight excluding hydrogens is 404 g/mol. The van der Waals surface area contributed by atoms with Gasteiger partial charge in [0.15, 0.2) is 0 Å². The van der Waals surface area contributed by atoms with Crippen LogP contribution in [0.3, 0.4) is 0 Å². The van der Waals surface area contributed by atoms with E-state index in [9.17, 15) is 9.59 Å². The Labute approximate surface area is 188 Å².